The van der Waals surface area contributed by atoms with Crippen LogP contribution in [-0.2, 0) is 11.2 Å². The van der Waals surface area contributed by atoms with E-state index in [2.05, 4.69) is 5.16 Å². The minimum absolute atomic E-state index is 0.599. The van der Waals surface area contributed by atoms with Crippen molar-refractivity contribution >= 4 is 0 Å². The summed E-state index contributed by atoms with van der Waals surface area (Å²) in [7, 11) is 0. The van der Waals surface area contributed by atoms with Gasteiger partial charge in [-0.3, -0.25) is 0 Å². The third kappa shape index (κ3) is 16.1. The number of benzene rings is 1. The largest absolute Gasteiger partial charge is 0.491 e. The van der Waals surface area contributed by atoms with Crippen LogP contribution >= 0.6 is 0 Å². The van der Waals surface area contributed by atoms with Gasteiger partial charge >= 0.3 is 0 Å². The maximum absolute atomic E-state index is 5.55. The number of aromatic nitrogens is 1. The highest BCUT2D eigenvalue weighted by Crippen LogP contribution is 2.08. The average Bonchev–Trinajstić information content (AvgIpc) is 3.17. The summed E-state index contributed by atoms with van der Waals surface area (Å²) in [6, 6.07) is 11.8. The zero-order valence-electron chi connectivity index (χ0n) is 18.6. The number of nitrogens with zero attached hydrogens (tertiary/aromatic N) is 1. The standard InChI is InChI=1S/C17H23NO3.3C2H6/c1-15-14-16(18-21-15)8-4-3-7-11-19-12-13-20-17-9-5-2-6-10-17;3*1-2/h2,5-6,9-10,14H,3-4,7-8,11-13H2,1H3;3*1-2H3. The molecule has 0 fully saturated rings. The number of ether oxygens (including phenoxy) is 2. The van der Waals surface area contributed by atoms with E-state index in [-0.39, 0.29) is 0 Å². The Morgan fingerprint density at radius 3 is 2.07 bits per heavy atom. The Bertz CT molecular complexity index is 497. The summed E-state index contributed by atoms with van der Waals surface area (Å²) in [6.07, 6.45) is 4.32. The molecule has 0 aliphatic rings. The monoisotopic (exact) mass is 379 g/mol. The van der Waals surface area contributed by atoms with Crippen molar-refractivity contribution in [3.63, 3.8) is 0 Å². The van der Waals surface area contributed by atoms with E-state index in [0.29, 0.717) is 13.2 Å². The highest BCUT2D eigenvalue weighted by atomic mass is 16.5. The Kier molecular flexibility index (Phi) is 22.6. The molecule has 0 unspecified atom stereocenters. The van der Waals surface area contributed by atoms with Crippen LogP contribution in [0.15, 0.2) is 40.9 Å². The summed E-state index contributed by atoms with van der Waals surface area (Å²) >= 11 is 0. The van der Waals surface area contributed by atoms with Gasteiger partial charge in [0.05, 0.1) is 12.3 Å². The molecule has 0 amide bonds. The molecule has 0 atom stereocenters. The molecule has 0 spiro atoms. The summed E-state index contributed by atoms with van der Waals surface area (Å²) in [5, 5.41) is 3.98. The van der Waals surface area contributed by atoms with Gasteiger partial charge in [-0.1, -0.05) is 71.3 Å². The van der Waals surface area contributed by atoms with Crippen molar-refractivity contribution in [2.45, 2.75) is 74.1 Å². The molecule has 1 heterocycles. The summed E-state index contributed by atoms with van der Waals surface area (Å²) in [6.45, 7) is 15.9. The first kappa shape index (κ1) is 27.4. The quantitative estimate of drug-likeness (QED) is 0.422. The van der Waals surface area contributed by atoms with Crippen molar-refractivity contribution in [2.24, 2.45) is 0 Å². The lowest BCUT2D eigenvalue weighted by molar-refractivity contribution is 0.0971. The summed E-state index contributed by atoms with van der Waals surface area (Å²) < 4.78 is 16.1. The molecule has 4 nitrogen and oxygen atoms in total. The third-order valence-corrected chi connectivity index (χ3v) is 3.14. The highest BCUT2D eigenvalue weighted by Gasteiger charge is 1.99. The molecule has 0 N–H and O–H groups in total. The molecular weight excluding hydrogens is 338 g/mol. The fourth-order valence-electron chi connectivity index (χ4n) is 2.06. The minimum atomic E-state index is 0.599. The van der Waals surface area contributed by atoms with Gasteiger partial charge in [-0.05, 0) is 38.3 Å². The molecular formula is C23H41NO3. The molecule has 0 saturated heterocycles. The van der Waals surface area contributed by atoms with Crippen LogP contribution in [0, 0.1) is 6.92 Å². The van der Waals surface area contributed by atoms with Gasteiger partial charge in [-0.15, -0.1) is 0 Å². The molecule has 1 aromatic carbocycles. The van der Waals surface area contributed by atoms with Crippen molar-refractivity contribution in [1.82, 2.24) is 5.16 Å². The first-order valence-corrected chi connectivity index (χ1v) is 10.5. The molecule has 2 rings (SSSR count). The number of hydrogen-bond donors (Lipinski definition) is 0. The van der Waals surface area contributed by atoms with Gasteiger partial charge in [-0.25, -0.2) is 0 Å². The van der Waals surface area contributed by atoms with Crippen LogP contribution < -0.4 is 4.74 Å². The van der Waals surface area contributed by atoms with Crippen molar-refractivity contribution in [2.75, 3.05) is 19.8 Å². The van der Waals surface area contributed by atoms with E-state index in [4.69, 9.17) is 14.0 Å². The van der Waals surface area contributed by atoms with Crippen molar-refractivity contribution < 1.29 is 14.0 Å². The number of hydrogen-bond acceptors (Lipinski definition) is 4. The second kappa shape index (κ2) is 22.2. The van der Waals surface area contributed by atoms with Gasteiger partial charge in [0, 0.05) is 12.7 Å². The van der Waals surface area contributed by atoms with Crippen LogP contribution in [0.25, 0.3) is 0 Å². The predicted octanol–water partition coefficient (Wildman–Crippen LogP) is 6.87. The highest BCUT2D eigenvalue weighted by molar-refractivity contribution is 5.20. The Balaban J connectivity index is 0. The normalized spacial score (nSPS) is 9.00. The molecule has 4 heteroatoms. The molecule has 0 aliphatic carbocycles. The Morgan fingerprint density at radius 2 is 1.48 bits per heavy atom. The molecule has 0 radical (unpaired) electrons. The van der Waals surface area contributed by atoms with Crippen LogP contribution in [0.1, 0.15) is 72.3 Å². The maximum atomic E-state index is 5.55. The molecule has 0 saturated carbocycles. The zero-order chi connectivity index (χ0) is 20.8. The zero-order valence-corrected chi connectivity index (χ0v) is 18.6. The van der Waals surface area contributed by atoms with Gasteiger partial charge in [0.1, 0.15) is 18.1 Å². The first-order chi connectivity index (χ1) is 13.3. The molecule has 27 heavy (non-hydrogen) atoms. The Hall–Kier alpha value is -1.81. The molecule has 0 aliphatic heterocycles. The SMILES string of the molecule is CC.CC.CC.Cc1cc(CCCCCOCCOc2ccccc2)no1. The number of unbranched alkanes of at least 4 members (excludes halogenated alkanes) is 2. The Labute approximate surface area is 167 Å². The lowest BCUT2D eigenvalue weighted by Gasteiger charge is -2.06. The lowest BCUT2D eigenvalue weighted by Crippen LogP contribution is -2.07. The van der Waals surface area contributed by atoms with Gasteiger partial charge < -0.3 is 14.0 Å². The molecule has 0 bridgehead atoms. The van der Waals surface area contributed by atoms with Crippen LogP contribution in [0.5, 0.6) is 5.75 Å². The molecule has 156 valence electrons. The summed E-state index contributed by atoms with van der Waals surface area (Å²) in [5.41, 5.74) is 1.05. The van der Waals surface area contributed by atoms with E-state index in [1.807, 2.05) is 84.9 Å². The van der Waals surface area contributed by atoms with Crippen LogP contribution in [0.4, 0.5) is 0 Å². The van der Waals surface area contributed by atoms with Gasteiger partial charge in [0.25, 0.3) is 0 Å². The second-order valence-electron chi connectivity index (χ2n) is 5.01. The number of para-hydroxylation sites is 1. The van der Waals surface area contributed by atoms with E-state index < -0.39 is 0 Å². The van der Waals surface area contributed by atoms with Crippen LogP contribution in [0.3, 0.4) is 0 Å². The smallest absolute Gasteiger partial charge is 0.133 e. The van der Waals surface area contributed by atoms with Crippen LogP contribution in [0.2, 0.25) is 0 Å². The van der Waals surface area contributed by atoms with E-state index in [0.717, 1.165) is 49.5 Å². The predicted molar refractivity (Wildman–Crippen MR) is 116 cm³/mol. The van der Waals surface area contributed by atoms with Crippen molar-refractivity contribution in [1.29, 1.82) is 0 Å². The topological polar surface area (TPSA) is 44.5 Å². The fraction of sp³-hybridized carbons (Fsp3) is 0.609. The lowest BCUT2D eigenvalue weighted by atomic mass is 10.1. The fourth-order valence-corrected chi connectivity index (χ4v) is 2.06. The van der Waals surface area contributed by atoms with E-state index in [1.54, 1.807) is 0 Å². The van der Waals surface area contributed by atoms with Crippen LogP contribution in [-0.4, -0.2) is 25.0 Å². The minimum Gasteiger partial charge on any atom is -0.491 e. The third-order valence-electron chi connectivity index (χ3n) is 3.14. The summed E-state index contributed by atoms with van der Waals surface area (Å²) in [5.74, 6) is 1.77. The second-order valence-corrected chi connectivity index (χ2v) is 5.01. The first-order valence-electron chi connectivity index (χ1n) is 10.5. The maximum Gasteiger partial charge on any atom is 0.133 e. The van der Waals surface area contributed by atoms with Crippen molar-refractivity contribution in [3.05, 3.63) is 47.9 Å². The molecule has 2 aromatic rings. The van der Waals surface area contributed by atoms with Gasteiger partial charge in [-0.2, -0.15) is 0 Å². The van der Waals surface area contributed by atoms with Crippen molar-refractivity contribution in [3.8, 4) is 5.75 Å². The van der Waals surface area contributed by atoms with E-state index in [1.165, 1.54) is 0 Å². The van der Waals surface area contributed by atoms with Gasteiger partial charge in [0.15, 0.2) is 0 Å². The number of aryl methyl sites for hydroxylation is 2. The van der Waals surface area contributed by atoms with Gasteiger partial charge in [0.2, 0.25) is 0 Å². The number of rotatable bonds is 10. The van der Waals surface area contributed by atoms with E-state index >= 15 is 0 Å². The molecule has 1 aromatic heterocycles. The van der Waals surface area contributed by atoms with E-state index in [9.17, 15) is 0 Å². The Morgan fingerprint density at radius 1 is 0.815 bits per heavy atom. The summed E-state index contributed by atoms with van der Waals surface area (Å²) in [4.78, 5) is 0. The average molecular weight is 380 g/mol.